The van der Waals surface area contributed by atoms with E-state index in [0.29, 0.717) is 42.9 Å². The Morgan fingerprint density at radius 3 is 2.52 bits per heavy atom. The standard InChI is InChI=1S/C20H20F3N5S/c1-13-4-2-7-16-17(13)25-18(24-16)26-19(29)28-10-8-27(9-11-28)15-6-3-5-14(12-15)20(21,22)23/h2-7,12H,8-11H2,1H3,(H2,24,25,26,29). The number of imidazole rings is 1. The summed E-state index contributed by atoms with van der Waals surface area (Å²) in [5.74, 6) is 0.583. The molecule has 0 radical (unpaired) electrons. The van der Waals surface area contributed by atoms with Gasteiger partial charge in [0.05, 0.1) is 16.6 Å². The number of aromatic amines is 1. The monoisotopic (exact) mass is 419 g/mol. The molecule has 2 N–H and O–H groups in total. The van der Waals surface area contributed by atoms with E-state index in [4.69, 9.17) is 12.2 Å². The van der Waals surface area contributed by atoms with Gasteiger partial charge in [-0.25, -0.2) is 4.98 Å². The minimum atomic E-state index is -4.34. The topological polar surface area (TPSA) is 47.2 Å². The summed E-state index contributed by atoms with van der Waals surface area (Å²) in [7, 11) is 0. The molecular weight excluding hydrogens is 399 g/mol. The van der Waals surface area contributed by atoms with Crippen molar-refractivity contribution in [3.05, 3.63) is 53.6 Å². The number of piperazine rings is 1. The molecule has 0 bridgehead atoms. The van der Waals surface area contributed by atoms with Crippen LogP contribution in [0.15, 0.2) is 42.5 Å². The van der Waals surface area contributed by atoms with E-state index < -0.39 is 11.7 Å². The van der Waals surface area contributed by atoms with Crippen molar-refractivity contribution >= 4 is 40.0 Å². The fraction of sp³-hybridized carbons (Fsp3) is 0.300. The number of fused-ring (bicyclic) bond motifs is 1. The average Bonchev–Trinajstić information content (AvgIpc) is 3.11. The SMILES string of the molecule is Cc1cccc2[nH]c(NC(=S)N3CCN(c4cccc(C(F)(F)F)c4)CC3)nc12. The molecule has 1 fully saturated rings. The minimum Gasteiger partial charge on any atom is -0.368 e. The van der Waals surface area contributed by atoms with E-state index in [1.807, 2.05) is 34.9 Å². The third-order valence-corrected chi connectivity index (χ3v) is 5.41. The van der Waals surface area contributed by atoms with Gasteiger partial charge >= 0.3 is 6.18 Å². The molecule has 0 aliphatic carbocycles. The predicted molar refractivity (Wildman–Crippen MR) is 112 cm³/mol. The molecule has 1 saturated heterocycles. The van der Waals surface area contributed by atoms with Crippen LogP contribution in [-0.2, 0) is 6.18 Å². The van der Waals surface area contributed by atoms with Crippen molar-refractivity contribution < 1.29 is 13.2 Å². The molecule has 5 nitrogen and oxygen atoms in total. The highest BCUT2D eigenvalue weighted by atomic mass is 32.1. The van der Waals surface area contributed by atoms with E-state index >= 15 is 0 Å². The van der Waals surface area contributed by atoms with Gasteiger partial charge in [-0.15, -0.1) is 0 Å². The second kappa shape index (κ2) is 7.55. The summed E-state index contributed by atoms with van der Waals surface area (Å²) in [6.45, 7) is 4.39. The van der Waals surface area contributed by atoms with Crippen molar-refractivity contribution in [2.24, 2.45) is 0 Å². The zero-order valence-electron chi connectivity index (χ0n) is 15.8. The van der Waals surface area contributed by atoms with Crippen LogP contribution in [0.25, 0.3) is 11.0 Å². The Balaban J connectivity index is 1.39. The van der Waals surface area contributed by atoms with Gasteiger partial charge in [0.1, 0.15) is 0 Å². The van der Waals surface area contributed by atoms with Gasteiger partial charge in [-0.2, -0.15) is 13.2 Å². The van der Waals surface area contributed by atoms with Gasteiger partial charge in [-0.05, 0) is 49.0 Å². The third kappa shape index (κ3) is 4.14. The first-order valence-corrected chi connectivity index (χ1v) is 9.65. The van der Waals surface area contributed by atoms with Crippen LogP contribution in [0.4, 0.5) is 24.8 Å². The summed E-state index contributed by atoms with van der Waals surface area (Å²) in [6, 6.07) is 11.4. The van der Waals surface area contributed by atoms with Crippen molar-refractivity contribution in [1.82, 2.24) is 14.9 Å². The normalized spacial score (nSPS) is 15.0. The number of rotatable bonds is 2. The van der Waals surface area contributed by atoms with Crippen LogP contribution < -0.4 is 10.2 Å². The molecule has 0 unspecified atom stereocenters. The van der Waals surface area contributed by atoms with Crippen LogP contribution >= 0.6 is 12.2 Å². The Labute approximate surface area is 171 Å². The summed E-state index contributed by atoms with van der Waals surface area (Å²) < 4.78 is 38.9. The van der Waals surface area contributed by atoms with Gasteiger partial charge in [-0.3, -0.25) is 0 Å². The maximum atomic E-state index is 13.0. The number of thiocarbonyl (C=S) groups is 1. The molecule has 1 aromatic heterocycles. The van der Waals surface area contributed by atoms with E-state index in [9.17, 15) is 13.2 Å². The quantitative estimate of drug-likeness (QED) is 0.603. The molecule has 0 saturated carbocycles. The summed E-state index contributed by atoms with van der Waals surface area (Å²) >= 11 is 5.51. The van der Waals surface area contributed by atoms with Crippen LogP contribution in [0.1, 0.15) is 11.1 Å². The molecule has 152 valence electrons. The number of para-hydroxylation sites is 1. The number of benzene rings is 2. The van der Waals surface area contributed by atoms with Gasteiger partial charge in [0.25, 0.3) is 0 Å². The lowest BCUT2D eigenvalue weighted by Gasteiger charge is -2.37. The average molecular weight is 419 g/mol. The Hall–Kier alpha value is -2.81. The van der Waals surface area contributed by atoms with Gasteiger partial charge in [0, 0.05) is 31.9 Å². The summed E-state index contributed by atoms with van der Waals surface area (Å²) in [4.78, 5) is 11.7. The number of nitrogens with one attached hydrogen (secondary N) is 2. The molecule has 3 aromatic rings. The molecule has 4 rings (SSSR count). The third-order valence-electron chi connectivity index (χ3n) is 5.05. The zero-order valence-corrected chi connectivity index (χ0v) is 16.6. The number of nitrogens with zero attached hydrogens (tertiary/aromatic N) is 3. The van der Waals surface area contributed by atoms with Crippen molar-refractivity contribution in [2.45, 2.75) is 13.1 Å². The Morgan fingerprint density at radius 1 is 1.10 bits per heavy atom. The highest BCUT2D eigenvalue weighted by molar-refractivity contribution is 7.80. The maximum Gasteiger partial charge on any atom is 0.416 e. The van der Waals surface area contributed by atoms with E-state index in [0.717, 1.165) is 22.7 Å². The number of halogens is 3. The molecule has 0 atom stereocenters. The maximum absolute atomic E-state index is 13.0. The first-order chi connectivity index (χ1) is 13.8. The molecular formula is C20H20F3N5S. The minimum absolute atomic E-state index is 0.547. The summed E-state index contributed by atoms with van der Waals surface area (Å²) in [5.41, 5.74) is 2.85. The predicted octanol–water partition coefficient (Wildman–Crippen LogP) is 4.41. The van der Waals surface area contributed by atoms with Gasteiger partial charge in [0.2, 0.25) is 5.95 Å². The van der Waals surface area contributed by atoms with Gasteiger partial charge < -0.3 is 20.1 Å². The van der Waals surface area contributed by atoms with E-state index in [1.165, 1.54) is 12.1 Å². The molecule has 29 heavy (non-hydrogen) atoms. The van der Waals surface area contributed by atoms with Crippen LogP contribution in [-0.4, -0.2) is 46.2 Å². The van der Waals surface area contributed by atoms with Crippen LogP contribution in [0.2, 0.25) is 0 Å². The molecule has 1 aliphatic heterocycles. The van der Waals surface area contributed by atoms with E-state index in [1.54, 1.807) is 6.07 Å². The molecule has 1 aliphatic rings. The number of H-pyrrole nitrogens is 1. The molecule has 0 amide bonds. The lowest BCUT2D eigenvalue weighted by molar-refractivity contribution is -0.137. The van der Waals surface area contributed by atoms with E-state index in [-0.39, 0.29) is 0 Å². The summed E-state index contributed by atoms with van der Waals surface area (Å²) in [6.07, 6.45) is -4.34. The van der Waals surface area contributed by atoms with Crippen molar-refractivity contribution in [3.63, 3.8) is 0 Å². The number of hydrogen-bond donors (Lipinski definition) is 2. The van der Waals surface area contributed by atoms with Crippen LogP contribution in [0, 0.1) is 6.92 Å². The molecule has 2 heterocycles. The van der Waals surface area contributed by atoms with Gasteiger partial charge in [-0.1, -0.05) is 18.2 Å². The number of aromatic nitrogens is 2. The lowest BCUT2D eigenvalue weighted by Crippen LogP contribution is -2.50. The highest BCUT2D eigenvalue weighted by Gasteiger charge is 2.31. The van der Waals surface area contributed by atoms with Crippen molar-refractivity contribution in [1.29, 1.82) is 0 Å². The number of alkyl halides is 3. The first-order valence-electron chi connectivity index (χ1n) is 9.25. The Kier molecular flexibility index (Phi) is 5.08. The fourth-order valence-electron chi connectivity index (χ4n) is 3.46. The zero-order chi connectivity index (χ0) is 20.6. The van der Waals surface area contributed by atoms with E-state index in [2.05, 4.69) is 15.3 Å². The Morgan fingerprint density at radius 2 is 1.83 bits per heavy atom. The summed E-state index contributed by atoms with van der Waals surface area (Å²) in [5, 5.41) is 3.68. The number of aryl methyl sites for hydroxylation is 1. The molecule has 0 spiro atoms. The number of hydrogen-bond acceptors (Lipinski definition) is 3. The lowest BCUT2D eigenvalue weighted by atomic mass is 10.1. The number of anilines is 2. The van der Waals surface area contributed by atoms with Crippen LogP contribution in [0.5, 0.6) is 0 Å². The van der Waals surface area contributed by atoms with Gasteiger partial charge in [0.15, 0.2) is 5.11 Å². The van der Waals surface area contributed by atoms with Crippen LogP contribution in [0.3, 0.4) is 0 Å². The Bertz CT molecular complexity index is 1040. The first kappa shape index (κ1) is 19.5. The highest BCUT2D eigenvalue weighted by Crippen LogP contribution is 2.32. The molecule has 9 heteroatoms. The second-order valence-electron chi connectivity index (χ2n) is 7.01. The second-order valence-corrected chi connectivity index (χ2v) is 7.40. The van der Waals surface area contributed by atoms with Crippen molar-refractivity contribution in [2.75, 3.05) is 36.4 Å². The smallest absolute Gasteiger partial charge is 0.368 e. The van der Waals surface area contributed by atoms with Crippen molar-refractivity contribution in [3.8, 4) is 0 Å². The largest absolute Gasteiger partial charge is 0.416 e. The fourth-order valence-corrected chi connectivity index (χ4v) is 3.74. The molecule has 2 aromatic carbocycles.